The molecule has 0 aliphatic carbocycles. The minimum atomic E-state index is -0.585. The van der Waals surface area contributed by atoms with Crippen molar-refractivity contribution in [3.8, 4) is 5.75 Å². The minimum Gasteiger partial charge on any atom is -0.484 e. The van der Waals surface area contributed by atoms with E-state index in [0.29, 0.717) is 50.6 Å². The van der Waals surface area contributed by atoms with Crippen LogP contribution in [-0.4, -0.2) is 59.4 Å². The number of nitrogens with zero attached hydrogens (tertiary/aromatic N) is 3. The number of amides is 2. The van der Waals surface area contributed by atoms with Gasteiger partial charge in [0.1, 0.15) is 17.8 Å². The molecule has 2 aromatic carbocycles. The van der Waals surface area contributed by atoms with Crippen LogP contribution in [0.3, 0.4) is 0 Å². The first kappa shape index (κ1) is 25.9. The first-order valence-corrected chi connectivity index (χ1v) is 12.8. The van der Waals surface area contributed by atoms with Crippen molar-refractivity contribution in [3.63, 3.8) is 0 Å². The van der Waals surface area contributed by atoms with E-state index in [0.717, 1.165) is 11.1 Å². The molecule has 0 bridgehead atoms. The summed E-state index contributed by atoms with van der Waals surface area (Å²) in [5.74, 6) is 0.302. The van der Waals surface area contributed by atoms with E-state index in [4.69, 9.17) is 13.9 Å². The van der Waals surface area contributed by atoms with Crippen molar-refractivity contribution in [1.82, 2.24) is 14.8 Å². The molecule has 8 nitrogen and oxygen atoms in total. The van der Waals surface area contributed by atoms with Gasteiger partial charge in [-0.1, -0.05) is 39.0 Å². The third-order valence-electron chi connectivity index (χ3n) is 6.84. The quantitative estimate of drug-likeness (QED) is 0.495. The molecule has 9 heteroatoms. The second-order valence-electron chi connectivity index (χ2n) is 10.6. The number of fused-ring (bicyclic) bond motifs is 1. The molecule has 0 N–H and O–H groups in total. The van der Waals surface area contributed by atoms with Gasteiger partial charge in [-0.15, -0.1) is 0 Å². The first-order chi connectivity index (χ1) is 18.2. The van der Waals surface area contributed by atoms with E-state index in [1.807, 2.05) is 49.9 Å². The number of carbonyl (C=O) groups is 2. The van der Waals surface area contributed by atoms with E-state index in [1.54, 1.807) is 11.0 Å². The van der Waals surface area contributed by atoms with Crippen LogP contribution in [0.25, 0.3) is 0 Å². The van der Waals surface area contributed by atoms with E-state index in [-0.39, 0.29) is 35.8 Å². The highest BCUT2D eigenvalue weighted by Gasteiger charge is 2.37. The highest BCUT2D eigenvalue weighted by Crippen LogP contribution is 2.39. The standard InChI is InChI=1S/C29H32FN3O5/c1-29(2,3)28(35)33-10-9-19-7-8-22(16-23(19)26(33)20-5-4-6-21(30)15-20)37-18-25-31-24(17-38-25)27(34)32-11-13-36-14-12-32/h4-8,15-17,26H,9-14,18H2,1-3H3/t26-/m0/s1. The van der Waals surface area contributed by atoms with Crippen molar-refractivity contribution in [2.45, 2.75) is 39.8 Å². The van der Waals surface area contributed by atoms with Gasteiger partial charge in [0.2, 0.25) is 11.8 Å². The van der Waals surface area contributed by atoms with Gasteiger partial charge in [-0.2, -0.15) is 0 Å². The van der Waals surface area contributed by atoms with Gasteiger partial charge in [0, 0.05) is 25.0 Å². The van der Waals surface area contributed by atoms with E-state index in [1.165, 1.54) is 18.4 Å². The summed E-state index contributed by atoms with van der Waals surface area (Å²) in [6.45, 7) is 8.30. The van der Waals surface area contributed by atoms with Crippen molar-refractivity contribution < 1.29 is 27.9 Å². The molecule has 0 unspecified atom stereocenters. The van der Waals surface area contributed by atoms with Crippen LogP contribution in [0.1, 0.15) is 59.9 Å². The smallest absolute Gasteiger partial charge is 0.275 e. The van der Waals surface area contributed by atoms with Crippen LogP contribution in [0.2, 0.25) is 0 Å². The Kier molecular flexibility index (Phi) is 7.21. The van der Waals surface area contributed by atoms with Crippen LogP contribution >= 0.6 is 0 Å². The lowest BCUT2D eigenvalue weighted by atomic mass is 9.85. The number of benzene rings is 2. The number of morpholine rings is 1. The molecule has 3 aromatic rings. The van der Waals surface area contributed by atoms with Crippen LogP contribution in [-0.2, 0) is 22.6 Å². The summed E-state index contributed by atoms with van der Waals surface area (Å²) < 4.78 is 31.0. The van der Waals surface area contributed by atoms with E-state index in [2.05, 4.69) is 4.98 Å². The predicted octanol–water partition coefficient (Wildman–Crippen LogP) is 4.39. The maximum Gasteiger partial charge on any atom is 0.275 e. The zero-order valence-electron chi connectivity index (χ0n) is 21.9. The molecule has 1 saturated heterocycles. The summed E-state index contributed by atoms with van der Waals surface area (Å²) >= 11 is 0. The van der Waals surface area contributed by atoms with E-state index in [9.17, 15) is 14.0 Å². The Morgan fingerprint density at radius 3 is 2.63 bits per heavy atom. The predicted molar refractivity (Wildman–Crippen MR) is 137 cm³/mol. The van der Waals surface area contributed by atoms with Gasteiger partial charge in [0.05, 0.1) is 19.3 Å². The van der Waals surface area contributed by atoms with Crippen LogP contribution in [0.5, 0.6) is 5.75 Å². The number of hydrogen-bond donors (Lipinski definition) is 0. The number of aromatic nitrogens is 1. The van der Waals surface area contributed by atoms with Gasteiger partial charge in [-0.3, -0.25) is 9.59 Å². The third-order valence-corrected chi connectivity index (χ3v) is 6.84. The SMILES string of the molecule is CC(C)(C)C(=O)N1CCc2ccc(OCc3nc(C(=O)N4CCOCC4)co3)cc2[C@@H]1c1cccc(F)c1. The second-order valence-corrected chi connectivity index (χ2v) is 10.6. The molecular formula is C29H32FN3O5. The molecule has 1 atom stereocenters. The molecule has 1 fully saturated rings. The Labute approximate surface area is 221 Å². The number of carbonyl (C=O) groups excluding carboxylic acids is 2. The number of rotatable bonds is 5. The summed E-state index contributed by atoms with van der Waals surface area (Å²) in [5, 5.41) is 0. The summed E-state index contributed by atoms with van der Waals surface area (Å²) in [6, 6.07) is 11.7. The molecular weight excluding hydrogens is 489 g/mol. The van der Waals surface area contributed by atoms with Crippen LogP contribution < -0.4 is 4.74 Å². The van der Waals surface area contributed by atoms with Crippen molar-refractivity contribution in [2.24, 2.45) is 5.41 Å². The minimum absolute atomic E-state index is 0.000910. The van der Waals surface area contributed by atoms with Crippen LogP contribution in [0.15, 0.2) is 53.1 Å². The van der Waals surface area contributed by atoms with Gasteiger partial charge in [-0.25, -0.2) is 9.37 Å². The monoisotopic (exact) mass is 521 g/mol. The van der Waals surface area contributed by atoms with Crippen LogP contribution in [0.4, 0.5) is 4.39 Å². The highest BCUT2D eigenvalue weighted by atomic mass is 19.1. The number of halogens is 1. The van der Waals surface area contributed by atoms with Gasteiger partial charge >= 0.3 is 0 Å². The molecule has 5 rings (SSSR count). The second kappa shape index (κ2) is 10.6. The molecule has 0 radical (unpaired) electrons. The van der Waals surface area contributed by atoms with Gasteiger partial charge in [0.15, 0.2) is 12.3 Å². The third kappa shape index (κ3) is 5.43. The van der Waals surface area contributed by atoms with Crippen molar-refractivity contribution >= 4 is 11.8 Å². The van der Waals surface area contributed by atoms with Gasteiger partial charge in [0.25, 0.3) is 5.91 Å². The lowest BCUT2D eigenvalue weighted by molar-refractivity contribution is -0.141. The summed E-state index contributed by atoms with van der Waals surface area (Å²) in [4.78, 5) is 33.9. The Morgan fingerprint density at radius 1 is 1.11 bits per heavy atom. The lowest BCUT2D eigenvalue weighted by Gasteiger charge is -2.41. The molecule has 2 aliphatic heterocycles. The highest BCUT2D eigenvalue weighted by molar-refractivity contribution is 5.92. The van der Waals surface area contributed by atoms with Crippen molar-refractivity contribution in [1.29, 1.82) is 0 Å². The largest absolute Gasteiger partial charge is 0.484 e. The topological polar surface area (TPSA) is 85.1 Å². The maximum absolute atomic E-state index is 14.2. The number of hydrogen-bond acceptors (Lipinski definition) is 6. The van der Waals surface area contributed by atoms with Crippen molar-refractivity contribution in [2.75, 3.05) is 32.8 Å². The number of ether oxygens (including phenoxy) is 2. The summed E-state index contributed by atoms with van der Waals surface area (Å²) in [6.07, 6.45) is 2.04. The first-order valence-electron chi connectivity index (χ1n) is 12.8. The summed E-state index contributed by atoms with van der Waals surface area (Å²) in [7, 11) is 0. The summed E-state index contributed by atoms with van der Waals surface area (Å²) in [5.41, 5.74) is 2.34. The Balaban J connectivity index is 1.38. The van der Waals surface area contributed by atoms with E-state index >= 15 is 0 Å². The Hall–Kier alpha value is -3.72. The fourth-order valence-electron chi connectivity index (χ4n) is 4.92. The average molecular weight is 522 g/mol. The lowest BCUT2D eigenvalue weighted by Crippen LogP contribution is -2.45. The average Bonchev–Trinajstić information content (AvgIpc) is 3.39. The van der Waals surface area contributed by atoms with E-state index < -0.39 is 11.5 Å². The van der Waals surface area contributed by atoms with Crippen LogP contribution in [0, 0.1) is 11.2 Å². The fourth-order valence-corrected chi connectivity index (χ4v) is 4.92. The number of oxazole rings is 1. The Morgan fingerprint density at radius 2 is 1.89 bits per heavy atom. The molecule has 0 saturated carbocycles. The molecule has 38 heavy (non-hydrogen) atoms. The molecule has 2 aliphatic rings. The maximum atomic E-state index is 14.2. The van der Waals surface area contributed by atoms with Gasteiger partial charge < -0.3 is 23.7 Å². The molecule has 0 spiro atoms. The van der Waals surface area contributed by atoms with Gasteiger partial charge in [-0.05, 0) is 47.4 Å². The molecule has 3 heterocycles. The molecule has 2 amide bonds. The van der Waals surface area contributed by atoms with Crippen molar-refractivity contribution in [3.05, 3.63) is 82.8 Å². The molecule has 1 aromatic heterocycles. The zero-order valence-corrected chi connectivity index (χ0v) is 21.9. The fraction of sp³-hybridized carbons (Fsp3) is 0.414. The Bertz CT molecular complexity index is 1330. The zero-order chi connectivity index (χ0) is 26.9. The molecule has 200 valence electrons. The normalized spacial score (nSPS) is 17.7.